The molecule has 0 bridgehead atoms. The zero-order valence-electron chi connectivity index (χ0n) is 6.77. The molecular formula is C7H8N4OS. The number of aliphatic imine (C=N–C) groups is 1. The molecule has 0 aromatic carbocycles. The number of hydrogen-bond donors (Lipinski definition) is 2. The minimum absolute atomic E-state index is 0.345. The van der Waals surface area contributed by atoms with Crippen LogP contribution in [0.15, 0.2) is 11.3 Å². The van der Waals surface area contributed by atoms with Gasteiger partial charge in [0.05, 0.1) is 25.1 Å². The van der Waals surface area contributed by atoms with Crippen molar-refractivity contribution < 1.29 is 5.11 Å². The Bertz CT molecular complexity index is 374. The molecule has 2 N–H and O–H groups in total. The zero-order chi connectivity index (χ0) is 8.84. The smallest absolute Gasteiger partial charge is 0.177 e. The van der Waals surface area contributed by atoms with E-state index in [1.165, 1.54) is 11.8 Å². The fourth-order valence-corrected chi connectivity index (χ4v) is 2.46. The number of aliphatic hydroxyl groups is 1. The van der Waals surface area contributed by atoms with Crippen LogP contribution < -0.4 is 0 Å². The van der Waals surface area contributed by atoms with Crippen LogP contribution in [0, 0.1) is 0 Å². The van der Waals surface area contributed by atoms with Crippen molar-refractivity contribution in [3.63, 3.8) is 0 Å². The second-order valence-corrected chi connectivity index (χ2v) is 4.20. The molecule has 6 heteroatoms. The number of hydrogen-bond acceptors (Lipinski definition) is 5. The van der Waals surface area contributed by atoms with Gasteiger partial charge in [0, 0.05) is 0 Å². The van der Waals surface area contributed by atoms with Crippen molar-refractivity contribution in [2.24, 2.45) is 4.99 Å². The molecule has 0 saturated carbocycles. The summed E-state index contributed by atoms with van der Waals surface area (Å²) in [6.07, 6.45) is 1.65. The SMILES string of the molecule is OC1CN2Cc3[nH]cnc3N=C2S1. The molecule has 2 aliphatic rings. The number of nitrogens with one attached hydrogen (secondary N) is 1. The molecule has 1 atom stereocenters. The number of aromatic amines is 1. The van der Waals surface area contributed by atoms with Crippen molar-refractivity contribution >= 4 is 22.7 Å². The van der Waals surface area contributed by atoms with Gasteiger partial charge < -0.3 is 15.0 Å². The average molecular weight is 196 g/mol. The van der Waals surface area contributed by atoms with Crippen molar-refractivity contribution in [1.29, 1.82) is 0 Å². The number of imidazole rings is 1. The normalized spacial score (nSPS) is 25.5. The lowest BCUT2D eigenvalue weighted by atomic mass is 10.3. The van der Waals surface area contributed by atoms with Crippen molar-refractivity contribution in [2.45, 2.75) is 12.0 Å². The molecule has 2 aliphatic heterocycles. The molecule has 1 saturated heterocycles. The Balaban J connectivity index is 2.02. The van der Waals surface area contributed by atoms with Gasteiger partial charge in [0.15, 0.2) is 11.0 Å². The molecule has 0 radical (unpaired) electrons. The molecule has 3 rings (SSSR count). The maximum absolute atomic E-state index is 9.39. The molecule has 1 aromatic heterocycles. The Morgan fingerprint density at radius 1 is 1.69 bits per heavy atom. The van der Waals surface area contributed by atoms with Crippen LogP contribution in [0.25, 0.3) is 0 Å². The fourth-order valence-electron chi connectivity index (χ4n) is 1.54. The van der Waals surface area contributed by atoms with E-state index < -0.39 is 0 Å². The van der Waals surface area contributed by atoms with Crippen LogP contribution in [-0.2, 0) is 6.54 Å². The summed E-state index contributed by atoms with van der Waals surface area (Å²) in [7, 11) is 0. The van der Waals surface area contributed by atoms with Gasteiger partial charge in [0.1, 0.15) is 5.44 Å². The molecule has 1 aromatic rings. The number of H-pyrrole nitrogens is 1. The van der Waals surface area contributed by atoms with E-state index >= 15 is 0 Å². The monoisotopic (exact) mass is 196 g/mol. The van der Waals surface area contributed by atoms with Crippen LogP contribution in [0.5, 0.6) is 0 Å². The quantitative estimate of drug-likeness (QED) is 0.625. The summed E-state index contributed by atoms with van der Waals surface area (Å²) < 4.78 is 0. The van der Waals surface area contributed by atoms with Crippen LogP contribution in [0.1, 0.15) is 5.69 Å². The van der Waals surface area contributed by atoms with Gasteiger partial charge in [0.25, 0.3) is 0 Å². The van der Waals surface area contributed by atoms with Gasteiger partial charge in [-0.1, -0.05) is 11.8 Å². The summed E-state index contributed by atoms with van der Waals surface area (Å²) in [6, 6.07) is 0. The number of amidine groups is 1. The highest BCUT2D eigenvalue weighted by atomic mass is 32.2. The first kappa shape index (κ1) is 7.40. The van der Waals surface area contributed by atoms with Crippen LogP contribution in [0.4, 0.5) is 5.82 Å². The van der Waals surface area contributed by atoms with Crippen LogP contribution in [-0.4, -0.2) is 37.1 Å². The van der Waals surface area contributed by atoms with Gasteiger partial charge >= 0.3 is 0 Å². The minimum atomic E-state index is -0.345. The van der Waals surface area contributed by atoms with Crippen LogP contribution in [0.2, 0.25) is 0 Å². The molecule has 68 valence electrons. The van der Waals surface area contributed by atoms with Crippen molar-refractivity contribution in [3.8, 4) is 0 Å². The maximum Gasteiger partial charge on any atom is 0.177 e. The summed E-state index contributed by atoms with van der Waals surface area (Å²) in [5.41, 5.74) is 0.682. The molecule has 1 unspecified atom stereocenters. The number of nitrogens with zero attached hydrogens (tertiary/aromatic N) is 3. The lowest BCUT2D eigenvalue weighted by Gasteiger charge is -2.20. The molecule has 0 amide bonds. The molecule has 3 heterocycles. The third kappa shape index (κ3) is 1.06. The highest BCUT2D eigenvalue weighted by molar-refractivity contribution is 8.14. The topological polar surface area (TPSA) is 64.5 Å². The summed E-state index contributed by atoms with van der Waals surface area (Å²) in [6.45, 7) is 1.43. The van der Waals surface area contributed by atoms with E-state index in [0.29, 0.717) is 6.54 Å². The minimum Gasteiger partial charge on any atom is -0.380 e. The largest absolute Gasteiger partial charge is 0.380 e. The van der Waals surface area contributed by atoms with Gasteiger partial charge in [0.2, 0.25) is 0 Å². The first-order valence-electron chi connectivity index (χ1n) is 4.03. The Morgan fingerprint density at radius 2 is 2.62 bits per heavy atom. The predicted molar refractivity (Wildman–Crippen MR) is 49.7 cm³/mol. The van der Waals surface area contributed by atoms with E-state index in [4.69, 9.17) is 0 Å². The highest BCUT2D eigenvalue weighted by Gasteiger charge is 2.31. The fraction of sp³-hybridized carbons (Fsp3) is 0.429. The van der Waals surface area contributed by atoms with Crippen LogP contribution >= 0.6 is 11.8 Å². The van der Waals surface area contributed by atoms with E-state index in [-0.39, 0.29) is 5.44 Å². The summed E-state index contributed by atoms with van der Waals surface area (Å²) >= 11 is 1.39. The standard InChI is InChI=1S/C7H8N4OS/c12-5-2-11-1-4-6(9-3-8-4)10-7(11)13-5/h3,5,12H,1-2H2,(H,8,9). The molecule has 0 aliphatic carbocycles. The van der Waals surface area contributed by atoms with Crippen molar-refractivity contribution in [2.75, 3.05) is 6.54 Å². The lowest BCUT2D eigenvalue weighted by molar-refractivity contribution is 0.227. The Hall–Kier alpha value is -1.01. The third-order valence-corrected chi connectivity index (χ3v) is 3.12. The van der Waals surface area contributed by atoms with E-state index in [1.54, 1.807) is 6.33 Å². The first-order valence-corrected chi connectivity index (χ1v) is 4.91. The molecule has 5 nitrogen and oxygen atoms in total. The van der Waals surface area contributed by atoms with Crippen molar-refractivity contribution in [1.82, 2.24) is 14.9 Å². The second kappa shape index (κ2) is 2.49. The van der Waals surface area contributed by atoms with E-state index in [2.05, 4.69) is 19.9 Å². The number of fused-ring (bicyclic) bond motifs is 2. The zero-order valence-corrected chi connectivity index (χ0v) is 7.58. The average Bonchev–Trinajstić information content (AvgIpc) is 2.63. The molecule has 0 spiro atoms. The Kier molecular flexibility index (Phi) is 1.42. The lowest BCUT2D eigenvalue weighted by Crippen LogP contribution is -2.27. The predicted octanol–water partition coefficient (Wildman–Crippen LogP) is 0.278. The third-order valence-electron chi connectivity index (χ3n) is 2.13. The van der Waals surface area contributed by atoms with E-state index in [1.807, 2.05) is 0 Å². The molecule has 1 fully saturated rings. The van der Waals surface area contributed by atoms with Gasteiger partial charge in [-0.2, -0.15) is 0 Å². The number of thioether (sulfide) groups is 1. The van der Waals surface area contributed by atoms with E-state index in [0.717, 1.165) is 23.2 Å². The number of aromatic nitrogens is 2. The summed E-state index contributed by atoms with van der Waals surface area (Å²) in [5, 5.41) is 10.3. The maximum atomic E-state index is 9.39. The van der Waals surface area contributed by atoms with Gasteiger partial charge in [-0.05, 0) is 0 Å². The summed E-state index contributed by atoms with van der Waals surface area (Å²) in [5.74, 6) is 0.757. The Labute approximate surface area is 78.9 Å². The number of aliphatic hydroxyl groups excluding tert-OH is 1. The second-order valence-electron chi connectivity index (χ2n) is 3.05. The first-order chi connectivity index (χ1) is 6.33. The molecule has 13 heavy (non-hydrogen) atoms. The van der Waals surface area contributed by atoms with Crippen LogP contribution in [0.3, 0.4) is 0 Å². The van der Waals surface area contributed by atoms with Crippen molar-refractivity contribution in [3.05, 3.63) is 12.0 Å². The summed E-state index contributed by atoms with van der Waals surface area (Å²) in [4.78, 5) is 13.5. The molecular weight excluding hydrogens is 188 g/mol. The highest BCUT2D eigenvalue weighted by Crippen LogP contribution is 2.32. The number of rotatable bonds is 0. The van der Waals surface area contributed by atoms with Gasteiger partial charge in [-0.15, -0.1) is 0 Å². The van der Waals surface area contributed by atoms with E-state index in [9.17, 15) is 5.11 Å². The van der Waals surface area contributed by atoms with Gasteiger partial charge in [-0.25, -0.2) is 9.98 Å². The van der Waals surface area contributed by atoms with Gasteiger partial charge in [-0.3, -0.25) is 0 Å². The Morgan fingerprint density at radius 3 is 3.54 bits per heavy atom.